The Morgan fingerprint density at radius 2 is 2.18 bits per heavy atom. The van der Waals surface area contributed by atoms with E-state index in [4.69, 9.17) is 15.2 Å². The predicted octanol–water partition coefficient (Wildman–Crippen LogP) is 1.94. The van der Waals surface area contributed by atoms with Gasteiger partial charge < -0.3 is 20.3 Å². The number of hydrogen-bond acceptors (Lipinski definition) is 6. The third-order valence-electron chi connectivity index (χ3n) is 2.85. The zero-order valence-corrected chi connectivity index (χ0v) is 13.2. The van der Waals surface area contributed by atoms with E-state index >= 15 is 0 Å². The Hall–Kier alpha value is -1.60. The molecule has 0 aliphatic rings. The molecule has 22 heavy (non-hydrogen) atoms. The van der Waals surface area contributed by atoms with E-state index < -0.39 is 7.82 Å². The van der Waals surface area contributed by atoms with Gasteiger partial charge in [0, 0.05) is 30.1 Å². The number of pyridine rings is 1. The Balaban J connectivity index is 2.81. The molecule has 0 amide bonds. The fraction of sp³-hybridized carbons (Fsp3) is 0.462. The molecule has 0 aliphatic heterocycles. The number of phosphoric ester groups is 1. The molecule has 1 aromatic rings. The van der Waals surface area contributed by atoms with E-state index in [1.165, 1.54) is 18.6 Å². The summed E-state index contributed by atoms with van der Waals surface area (Å²) in [6, 6.07) is 0. The highest BCUT2D eigenvalue weighted by Crippen LogP contribution is 2.37. The quantitative estimate of drug-likeness (QED) is 0.310. The average Bonchev–Trinajstić information content (AvgIpc) is 2.45. The molecule has 0 bridgehead atoms. The van der Waals surface area contributed by atoms with E-state index in [0.29, 0.717) is 29.8 Å². The van der Waals surface area contributed by atoms with Crippen molar-refractivity contribution < 1.29 is 24.0 Å². The minimum atomic E-state index is -4.60. The number of unbranched alkanes of at least 4 members (excludes halogenated alkanes) is 2. The van der Waals surface area contributed by atoms with E-state index in [1.807, 2.05) is 0 Å². The highest BCUT2D eigenvalue weighted by Gasteiger charge is 2.17. The van der Waals surface area contributed by atoms with Crippen LogP contribution in [0.2, 0.25) is 0 Å². The van der Waals surface area contributed by atoms with Gasteiger partial charge >= 0.3 is 7.82 Å². The Morgan fingerprint density at radius 1 is 1.45 bits per heavy atom. The van der Waals surface area contributed by atoms with E-state index in [2.05, 4.69) is 14.5 Å². The molecule has 0 atom stereocenters. The molecule has 4 N–H and O–H groups in total. The van der Waals surface area contributed by atoms with E-state index in [0.717, 1.165) is 12.8 Å². The van der Waals surface area contributed by atoms with Gasteiger partial charge in [0.05, 0.1) is 12.3 Å². The number of aliphatic imine (C=N–C) groups is 1. The number of aryl methyl sites for hydroxylation is 1. The van der Waals surface area contributed by atoms with Crippen molar-refractivity contribution in [2.24, 2.45) is 4.99 Å². The van der Waals surface area contributed by atoms with Crippen molar-refractivity contribution in [3.8, 4) is 5.75 Å². The highest BCUT2D eigenvalue weighted by molar-refractivity contribution is 7.46. The van der Waals surface area contributed by atoms with Crippen LogP contribution in [0.1, 0.15) is 36.1 Å². The first-order valence-electron chi connectivity index (χ1n) is 6.71. The lowest BCUT2D eigenvalue weighted by molar-refractivity contribution is 0.188. The van der Waals surface area contributed by atoms with E-state index in [-0.39, 0.29) is 12.4 Å². The smallest absolute Gasteiger partial charge is 0.469 e. The lowest BCUT2D eigenvalue weighted by Gasteiger charge is -2.10. The van der Waals surface area contributed by atoms with Crippen molar-refractivity contribution in [3.63, 3.8) is 0 Å². The van der Waals surface area contributed by atoms with Gasteiger partial charge in [-0.15, -0.1) is 0 Å². The molecular formula is C13H20N3O5P. The normalized spacial score (nSPS) is 12.0. The van der Waals surface area contributed by atoms with Gasteiger partial charge in [-0.05, 0) is 32.4 Å². The third-order valence-corrected chi connectivity index (χ3v) is 3.32. The maximum absolute atomic E-state index is 10.8. The summed E-state index contributed by atoms with van der Waals surface area (Å²) in [5.74, 6) is -0.0879. The lowest BCUT2D eigenvalue weighted by Crippen LogP contribution is -2.01. The first kappa shape index (κ1) is 18.4. The lowest BCUT2D eigenvalue weighted by atomic mass is 10.1. The van der Waals surface area contributed by atoms with Gasteiger partial charge in [-0.1, -0.05) is 0 Å². The standard InChI is InChI=1S/C13H20N3O5P/c1-10-13(17)12(8-15-6-4-2-3-5-14)11(7-16-10)9-21-22(18,19)20/h5,7-8,14,17H,2-4,6,9H2,1H3,(H2,18,19,20). The van der Waals surface area contributed by atoms with Crippen molar-refractivity contribution in [2.45, 2.75) is 32.8 Å². The van der Waals surface area contributed by atoms with Crippen molar-refractivity contribution in [1.29, 1.82) is 5.41 Å². The summed E-state index contributed by atoms with van der Waals surface area (Å²) < 4.78 is 15.2. The summed E-state index contributed by atoms with van der Waals surface area (Å²) in [5, 5.41) is 16.9. The first-order chi connectivity index (χ1) is 10.3. The van der Waals surface area contributed by atoms with Crippen LogP contribution in [0.4, 0.5) is 0 Å². The van der Waals surface area contributed by atoms with Gasteiger partial charge in [-0.2, -0.15) is 0 Å². The molecule has 8 nitrogen and oxygen atoms in total. The number of phosphoric acid groups is 1. The van der Waals surface area contributed by atoms with Crippen molar-refractivity contribution in [3.05, 3.63) is 23.0 Å². The molecule has 0 aromatic carbocycles. The summed E-state index contributed by atoms with van der Waals surface area (Å²) in [5.41, 5.74) is 1.08. The number of nitrogens with zero attached hydrogens (tertiary/aromatic N) is 2. The summed E-state index contributed by atoms with van der Waals surface area (Å²) in [6.07, 6.45) is 6.56. The van der Waals surface area contributed by atoms with Crippen LogP contribution in [0.15, 0.2) is 11.2 Å². The number of aromatic nitrogens is 1. The van der Waals surface area contributed by atoms with Gasteiger partial charge in [0.2, 0.25) is 0 Å². The molecule has 0 fully saturated rings. The van der Waals surface area contributed by atoms with E-state index in [9.17, 15) is 9.67 Å². The summed E-state index contributed by atoms with van der Waals surface area (Å²) in [7, 11) is -4.60. The zero-order chi connectivity index (χ0) is 16.6. The minimum Gasteiger partial charge on any atom is -0.505 e. The van der Waals surface area contributed by atoms with Crippen molar-refractivity contribution in [1.82, 2.24) is 4.98 Å². The maximum Gasteiger partial charge on any atom is 0.469 e. The fourth-order valence-corrected chi connectivity index (χ4v) is 1.98. The molecule has 0 unspecified atom stereocenters. The Bertz CT molecular complexity index is 585. The number of nitrogens with one attached hydrogen (secondary N) is 1. The van der Waals surface area contributed by atoms with Gasteiger partial charge in [0.1, 0.15) is 5.75 Å². The number of rotatable bonds is 9. The predicted molar refractivity (Wildman–Crippen MR) is 82.6 cm³/mol. The minimum absolute atomic E-state index is 0.0879. The molecule has 1 rings (SSSR count). The largest absolute Gasteiger partial charge is 0.505 e. The van der Waals surface area contributed by atoms with E-state index in [1.54, 1.807) is 6.92 Å². The molecule has 122 valence electrons. The second kappa shape index (κ2) is 8.75. The third kappa shape index (κ3) is 6.44. The average molecular weight is 329 g/mol. The van der Waals surface area contributed by atoms with Crippen molar-refractivity contribution in [2.75, 3.05) is 6.54 Å². The monoisotopic (exact) mass is 329 g/mol. The number of aromatic hydroxyl groups is 1. The SMILES string of the molecule is Cc1ncc(COP(=O)(O)O)c(C=NCCCCC=N)c1O. The molecule has 0 saturated carbocycles. The molecule has 9 heteroatoms. The molecule has 1 aromatic heterocycles. The highest BCUT2D eigenvalue weighted by atomic mass is 31.2. The first-order valence-corrected chi connectivity index (χ1v) is 8.24. The topological polar surface area (TPSA) is 136 Å². The summed E-state index contributed by atoms with van der Waals surface area (Å²) in [6.45, 7) is 1.78. The zero-order valence-electron chi connectivity index (χ0n) is 12.3. The second-order valence-electron chi connectivity index (χ2n) is 4.63. The van der Waals surface area contributed by atoms with Crippen LogP contribution in [0.3, 0.4) is 0 Å². The molecular weight excluding hydrogens is 309 g/mol. The summed E-state index contributed by atoms with van der Waals surface area (Å²) >= 11 is 0. The van der Waals surface area contributed by atoms with Crippen molar-refractivity contribution >= 4 is 20.3 Å². The maximum atomic E-state index is 10.8. The van der Waals surface area contributed by atoms with Crippen LogP contribution >= 0.6 is 7.82 Å². The van der Waals surface area contributed by atoms with Crippen LogP contribution in [0, 0.1) is 12.3 Å². The van der Waals surface area contributed by atoms with Gasteiger partial charge in [0.15, 0.2) is 0 Å². The fourth-order valence-electron chi connectivity index (χ4n) is 1.67. The second-order valence-corrected chi connectivity index (χ2v) is 5.87. The molecule has 0 spiro atoms. The van der Waals surface area contributed by atoms with Crippen LogP contribution in [-0.4, -0.2) is 38.9 Å². The van der Waals surface area contributed by atoms with Crippen LogP contribution in [0.5, 0.6) is 5.75 Å². The van der Waals surface area contributed by atoms with Crippen LogP contribution in [-0.2, 0) is 15.7 Å². The molecule has 1 heterocycles. The molecule has 0 saturated heterocycles. The van der Waals surface area contributed by atoms with Crippen LogP contribution in [0.25, 0.3) is 0 Å². The van der Waals surface area contributed by atoms with Gasteiger partial charge in [-0.3, -0.25) is 14.5 Å². The Labute approximate surface area is 128 Å². The molecule has 0 aliphatic carbocycles. The summed E-state index contributed by atoms with van der Waals surface area (Å²) in [4.78, 5) is 25.6. The molecule has 0 radical (unpaired) electrons. The Morgan fingerprint density at radius 3 is 2.82 bits per heavy atom. The Kier molecular flexibility index (Phi) is 7.34. The van der Waals surface area contributed by atoms with Gasteiger partial charge in [-0.25, -0.2) is 4.57 Å². The van der Waals surface area contributed by atoms with Crippen LogP contribution < -0.4 is 0 Å². The number of hydrogen-bond donors (Lipinski definition) is 4. The van der Waals surface area contributed by atoms with Gasteiger partial charge in [0.25, 0.3) is 0 Å².